The Morgan fingerprint density at radius 3 is 2.41 bits per heavy atom. The summed E-state index contributed by atoms with van der Waals surface area (Å²) in [7, 11) is 0. The summed E-state index contributed by atoms with van der Waals surface area (Å²) in [5, 5.41) is 4.12. The highest BCUT2D eigenvalue weighted by molar-refractivity contribution is 5.79. The molecule has 3 aliphatic heterocycles. The first-order chi connectivity index (χ1) is 13.2. The number of carbonyl (C=O) groups excluding carboxylic acids is 2. The summed E-state index contributed by atoms with van der Waals surface area (Å²) in [6.45, 7) is 5.85. The van der Waals surface area contributed by atoms with Gasteiger partial charge in [-0.2, -0.15) is 5.10 Å². The fourth-order valence-electron chi connectivity index (χ4n) is 4.85. The molecule has 148 valence electrons. The number of hydrogen-bond donors (Lipinski definition) is 0. The normalized spacial score (nSPS) is 25.1. The minimum Gasteiger partial charge on any atom is -0.342 e. The van der Waals surface area contributed by atoms with Crippen molar-refractivity contribution in [3.63, 3.8) is 0 Å². The van der Waals surface area contributed by atoms with Crippen LogP contribution in [0.4, 0.5) is 0 Å². The molecular formula is C20H31N5O2. The largest absolute Gasteiger partial charge is 0.342 e. The van der Waals surface area contributed by atoms with Gasteiger partial charge in [0.2, 0.25) is 11.8 Å². The van der Waals surface area contributed by atoms with E-state index >= 15 is 0 Å². The lowest BCUT2D eigenvalue weighted by atomic mass is 9.93. The smallest absolute Gasteiger partial charge is 0.244 e. The number of amides is 2. The highest BCUT2D eigenvalue weighted by atomic mass is 16.2. The number of aromatic nitrogens is 2. The van der Waals surface area contributed by atoms with E-state index in [1.807, 2.05) is 17.2 Å². The van der Waals surface area contributed by atoms with Gasteiger partial charge in [0.25, 0.3) is 0 Å². The lowest BCUT2D eigenvalue weighted by Crippen LogP contribution is -2.52. The summed E-state index contributed by atoms with van der Waals surface area (Å²) < 4.78 is 1.69. The van der Waals surface area contributed by atoms with Gasteiger partial charge in [-0.05, 0) is 51.1 Å². The van der Waals surface area contributed by atoms with Crippen LogP contribution in [0.2, 0.25) is 0 Å². The lowest BCUT2D eigenvalue weighted by Gasteiger charge is -2.42. The highest BCUT2D eigenvalue weighted by Crippen LogP contribution is 2.26. The SMILES string of the molecule is O=C(Cn1cccn1)N1CCC(N2CCCC(C(=O)N3CCCC3)C2)CC1. The van der Waals surface area contributed by atoms with Crippen LogP contribution in [-0.2, 0) is 16.1 Å². The van der Waals surface area contributed by atoms with Crippen LogP contribution in [0, 0.1) is 5.92 Å². The highest BCUT2D eigenvalue weighted by Gasteiger charge is 2.34. The molecule has 4 heterocycles. The number of nitrogens with zero attached hydrogens (tertiary/aromatic N) is 5. The molecule has 4 rings (SSSR count). The zero-order valence-corrected chi connectivity index (χ0v) is 16.1. The van der Waals surface area contributed by atoms with Crippen LogP contribution in [0.1, 0.15) is 38.5 Å². The molecule has 0 radical (unpaired) electrons. The maximum atomic E-state index is 12.8. The van der Waals surface area contributed by atoms with Gasteiger partial charge in [-0.15, -0.1) is 0 Å². The second kappa shape index (κ2) is 8.42. The number of carbonyl (C=O) groups is 2. The van der Waals surface area contributed by atoms with Gasteiger partial charge in [-0.3, -0.25) is 19.2 Å². The molecule has 1 atom stereocenters. The van der Waals surface area contributed by atoms with E-state index < -0.39 is 0 Å². The van der Waals surface area contributed by atoms with Crippen molar-refractivity contribution in [2.24, 2.45) is 5.92 Å². The molecule has 3 fully saturated rings. The minimum absolute atomic E-state index is 0.151. The minimum atomic E-state index is 0.151. The van der Waals surface area contributed by atoms with E-state index in [1.54, 1.807) is 10.9 Å². The van der Waals surface area contributed by atoms with E-state index in [-0.39, 0.29) is 11.8 Å². The summed E-state index contributed by atoms with van der Waals surface area (Å²) in [6.07, 6.45) is 10.0. The second-order valence-electron chi connectivity index (χ2n) is 8.18. The van der Waals surface area contributed by atoms with Crippen molar-refractivity contribution in [1.29, 1.82) is 0 Å². The quantitative estimate of drug-likeness (QED) is 0.796. The van der Waals surface area contributed by atoms with Gasteiger partial charge in [0.05, 0.1) is 5.92 Å². The molecule has 7 nitrogen and oxygen atoms in total. The summed E-state index contributed by atoms with van der Waals surface area (Å²) in [4.78, 5) is 31.8. The monoisotopic (exact) mass is 373 g/mol. The third kappa shape index (κ3) is 4.34. The Kier molecular flexibility index (Phi) is 5.76. The molecule has 0 saturated carbocycles. The molecule has 27 heavy (non-hydrogen) atoms. The van der Waals surface area contributed by atoms with E-state index in [1.165, 1.54) is 0 Å². The molecular weight excluding hydrogens is 342 g/mol. The van der Waals surface area contributed by atoms with Crippen LogP contribution in [0.25, 0.3) is 0 Å². The summed E-state index contributed by atoms with van der Waals surface area (Å²) in [5.41, 5.74) is 0. The Morgan fingerprint density at radius 2 is 1.70 bits per heavy atom. The van der Waals surface area contributed by atoms with Crippen LogP contribution in [0.3, 0.4) is 0 Å². The molecule has 0 N–H and O–H groups in total. The van der Waals surface area contributed by atoms with E-state index in [2.05, 4.69) is 14.9 Å². The third-order valence-electron chi connectivity index (χ3n) is 6.41. The number of likely N-dealkylation sites (tertiary alicyclic amines) is 3. The van der Waals surface area contributed by atoms with Crippen molar-refractivity contribution >= 4 is 11.8 Å². The van der Waals surface area contributed by atoms with Gasteiger partial charge >= 0.3 is 0 Å². The molecule has 7 heteroatoms. The van der Waals surface area contributed by atoms with Crippen molar-refractivity contribution < 1.29 is 9.59 Å². The summed E-state index contributed by atoms with van der Waals surface area (Å²) >= 11 is 0. The van der Waals surface area contributed by atoms with Crippen LogP contribution in [-0.4, -0.2) is 81.6 Å². The summed E-state index contributed by atoms with van der Waals surface area (Å²) in [5.74, 6) is 0.707. The first kappa shape index (κ1) is 18.5. The predicted molar refractivity (Wildman–Crippen MR) is 102 cm³/mol. The fourth-order valence-corrected chi connectivity index (χ4v) is 4.85. The average molecular weight is 374 g/mol. The van der Waals surface area contributed by atoms with Crippen molar-refractivity contribution in [2.45, 2.75) is 51.1 Å². The van der Waals surface area contributed by atoms with E-state index in [0.717, 1.165) is 77.8 Å². The van der Waals surface area contributed by atoms with Gasteiger partial charge in [0, 0.05) is 51.2 Å². The van der Waals surface area contributed by atoms with Crippen LogP contribution < -0.4 is 0 Å². The Labute approximate surface area is 161 Å². The number of hydrogen-bond acceptors (Lipinski definition) is 4. The average Bonchev–Trinajstić information content (AvgIpc) is 3.42. The molecule has 1 aromatic rings. The molecule has 3 saturated heterocycles. The van der Waals surface area contributed by atoms with Crippen LogP contribution >= 0.6 is 0 Å². The molecule has 1 aromatic heterocycles. The van der Waals surface area contributed by atoms with Gasteiger partial charge in [-0.25, -0.2) is 0 Å². The second-order valence-corrected chi connectivity index (χ2v) is 8.18. The molecule has 2 amide bonds. The van der Waals surface area contributed by atoms with Crippen molar-refractivity contribution in [1.82, 2.24) is 24.5 Å². The zero-order chi connectivity index (χ0) is 18.6. The molecule has 0 aromatic carbocycles. The topological polar surface area (TPSA) is 61.7 Å². The zero-order valence-electron chi connectivity index (χ0n) is 16.1. The predicted octanol–water partition coefficient (Wildman–Crippen LogP) is 1.21. The maximum absolute atomic E-state index is 12.8. The molecule has 0 aliphatic carbocycles. The van der Waals surface area contributed by atoms with E-state index in [9.17, 15) is 9.59 Å². The maximum Gasteiger partial charge on any atom is 0.244 e. The lowest BCUT2D eigenvalue weighted by molar-refractivity contribution is -0.136. The molecule has 1 unspecified atom stereocenters. The van der Waals surface area contributed by atoms with Gasteiger partial charge in [0.15, 0.2) is 0 Å². The number of piperidine rings is 2. The Bertz CT molecular complexity index is 633. The Balaban J connectivity index is 1.26. The number of rotatable bonds is 4. The van der Waals surface area contributed by atoms with Crippen molar-refractivity contribution in [3.8, 4) is 0 Å². The van der Waals surface area contributed by atoms with Crippen molar-refractivity contribution in [2.75, 3.05) is 39.3 Å². The van der Waals surface area contributed by atoms with E-state index in [4.69, 9.17) is 0 Å². The van der Waals surface area contributed by atoms with Crippen LogP contribution in [0.15, 0.2) is 18.5 Å². The standard InChI is InChI=1S/C20H31N5O2/c26-19(16-25-12-4-8-21-25)22-13-6-18(7-14-22)24-11-3-5-17(15-24)20(27)23-9-1-2-10-23/h4,8,12,17-18H,1-3,5-7,9-11,13-16H2. The fraction of sp³-hybridized carbons (Fsp3) is 0.750. The van der Waals surface area contributed by atoms with Gasteiger partial charge in [0.1, 0.15) is 6.54 Å². The molecule has 0 bridgehead atoms. The first-order valence-corrected chi connectivity index (χ1v) is 10.5. The third-order valence-corrected chi connectivity index (χ3v) is 6.41. The summed E-state index contributed by atoms with van der Waals surface area (Å²) in [6, 6.07) is 2.35. The van der Waals surface area contributed by atoms with Gasteiger partial charge in [-0.1, -0.05) is 0 Å². The molecule has 3 aliphatic rings. The first-order valence-electron chi connectivity index (χ1n) is 10.5. The van der Waals surface area contributed by atoms with Crippen molar-refractivity contribution in [3.05, 3.63) is 18.5 Å². The molecule has 0 spiro atoms. The Morgan fingerprint density at radius 1 is 0.926 bits per heavy atom. The Hall–Kier alpha value is -1.89. The van der Waals surface area contributed by atoms with E-state index in [0.29, 0.717) is 18.5 Å². The van der Waals surface area contributed by atoms with Gasteiger partial charge < -0.3 is 9.80 Å². The van der Waals surface area contributed by atoms with Crippen LogP contribution in [0.5, 0.6) is 0 Å².